The number of amides is 1. The van der Waals surface area contributed by atoms with Crippen molar-refractivity contribution >= 4 is 11.7 Å². The minimum atomic E-state index is 0.114. The normalized spacial score (nSPS) is 17.7. The van der Waals surface area contributed by atoms with Gasteiger partial charge in [0, 0.05) is 38.2 Å². The number of ether oxygens (including phenoxy) is 1. The fourth-order valence-electron chi connectivity index (χ4n) is 3.89. The fraction of sp³-hybridized carbons (Fsp3) is 0.450. The number of hydrogen-bond acceptors (Lipinski definition) is 5. The molecule has 1 aromatic heterocycles. The van der Waals surface area contributed by atoms with Crippen LogP contribution < -0.4 is 9.64 Å². The molecular formula is C20H24N4O2. The Morgan fingerprint density at radius 1 is 1.04 bits per heavy atom. The van der Waals surface area contributed by atoms with Crippen LogP contribution in [0.25, 0.3) is 0 Å². The molecule has 0 atom stereocenters. The SMILES string of the molecule is COc1ccc(N2CCC(C(=O)N3CCc4ccccc4C3)CC2)nn1. The van der Waals surface area contributed by atoms with Gasteiger partial charge in [-0.3, -0.25) is 4.79 Å². The molecule has 0 spiro atoms. The van der Waals surface area contributed by atoms with Gasteiger partial charge in [-0.25, -0.2) is 0 Å². The first-order valence-electron chi connectivity index (χ1n) is 9.23. The monoisotopic (exact) mass is 352 g/mol. The lowest BCUT2D eigenvalue weighted by molar-refractivity contribution is -0.137. The van der Waals surface area contributed by atoms with Gasteiger partial charge < -0.3 is 14.5 Å². The number of benzene rings is 1. The second-order valence-electron chi connectivity index (χ2n) is 6.97. The highest BCUT2D eigenvalue weighted by molar-refractivity contribution is 5.79. The number of carbonyl (C=O) groups excluding carboxylic acids is 1. The number of aromatic nitrogens is 2. The Morgan fingerprint density at radius 3 is 2.50 bits per heavy atom. The second kappa shape index (κ2) is 7.32. The summed E-state index contributed by atoms with van der Waals surface area (Å²) in [7, 11) is 1.58. The third-order valence-corrected chi connectivity index (χ3v) is 5.45. The molecule has 1 aromatic carbocycles. The van der Waals surface area contributed by atoms with Gasteiger partial charge in [-0.1, -0.05) is 24.3 Å². The van der Waals surface area contributed by atoms with Crippen molar-refractivity contribution in [3.8, 4) is 5.88 Å². The summed E-state index contributed by atoms with van der Waals surface area (Å²) in [6.45, 7) is 3.25. The van der Waals surface area contributed by atoms with Gasteiger partial charge in [-0.05, 0) is 36.5 Å². The maximum absolute atomic E-state index is 13.0. The van der Waals surface area contributed by atoms with Crippen molar-refractivity contribution in [1.82, 2.24) is 15.1 Å². The van der Waals surface area contributed by atoms with Gasteiger partial charge in [-0.15, -0.1) is 10.2 Å². The lowest BCUT2D eigenvalue weighted by Gasteiger charge is -2.36. The maximum Gasteiger partial charge on any atom is 0.233 e. The maximum atomic E-state index is 13.0. The Kier molecular flexibility index (Phi) is 4.73. The Bertz CT molecular complexity index is 770. The quantitative estimate of drug-likeness (QED) is 0.848. The molecule has 6 nitrogen and oxygen atoms in total. The highest BCUT2D eigenvalue weighted by Crippen LogP contribution is 2.26. The van der Waals surface area contributed by atoms with Gasteiger partial charge in [-0.2, -0.15) is 0 Å². The van der Waals surface area contributed by atoms with Crippen molar-refractivity contribution in [3.05, 3.63) is 47.5 Å². The molecular weight excluding hydrogens is 328 g/mol. The largest absolute Gasteiger partial charge is 0.480 e. The van der Waals surface area contributed by atoms with Gasteiger partial charge in [0.25, 0.3) is 0 Å². The molecule has 0 unspecified atom stereocenters. The summed E-state index contributed by atoms with van der Waals surface area (Å²) in [4.78, 5) is 17.2. The van der Waals surface area contributed by atoms with Crippen LogP contribution in [0.1, 0.15) is 24.0 Å². The van der Waals surface area contributed by atoms with Crippen LogP contribution in [-0.2, 0) is 17.8 Å². The van der Waals surface area contributed by atoms with Crippen LogP contribution in [0.4, 0.5) is 5.82 Å². The summed E-state index contributed by atoms with van der Waals surface area (Å²) in [5.74, 6) is 1.79. The van der Waals surface area contributed by atoms with Crippen LogP contribution in [-0.4, -0.2) is 47.7 Å². The third kappa shape index (κ3) is 3.36. The van der Waals surface area contributed by atoms with E-state index in [1.807, 2.05) is 17.0 Å². The number of fused-ring (bicyclic) bond motifs is 1. The van der Waals surface area contributed by atoms with Crippen molar-refractivity contribution in [2.24, 2.45) is 5.92 Å². The molecule has 0 aliphatic carbocycles. The molecule has 0 saturated carbocycles. The molecule has 6 heteroatoms. The average molecular weight is 352 g/mol. The summed E-state index contributed by atoms with van der Waals surface area (Å²) < 4.78 is 5.05. The van der Waals surface area contributed by atoms with E-state index in [9.17, 15) is 4.79 Å². The molecule has 1 amide bonds. The van der Waals surface area contributed by atoms with E-state index < -0.39 is 0 Å². The standard InChI is InChI=1S/C20H24N4O2/c1-26-19-7-6-18(21-22-19)23-11-9-16(10-12-23)20(25)24-13-8-15-4-2-3-5-17(15)14-24/h2-7,16H,8-14H2,1H3. The molecule has 26 heavy (non-hydrogen) atoms. The lowest BCUT2D eigenvalue weighted by atomic mass is 9.93. The van der Waals surface area contributed by atoms with Crippen LogP contribution in [0.5, 0.6) is 5.88 Å². The Morgan fingerprint density at radius 2 is 1.81 bits per heavy atom. The Balaban J connectivity index is 1.35. The smallest absolute Gasteiger partial charge is 0.233 e. The number of rotatable bonds is 3. The van der Waals surface area contributed by atoms with Gasteiger partial charge >= 0.3 is 0 Å². The zero-order valence-electron chi connectivity index (χ0n) is 15.1. The topological polar surface area (TPSA) is 58.6 Å². The first kappa shape index (κ1) is 16.8. The van der Waals surface area contributed by atoms with E-state index in [1.54, 1.807) is 7.11 Å². The van der Waals surface area contributed by atoms with E-state index in [0.717, 1.165) is 51.3 Å². The van der Waals surface area contributed by atoms with Crippen molar-refractivity contribution in [3.63, 3.8) is 0 Å². The number of methoxy groups -OCH3 is 1. The number of carbonyl (C=O) groups is 1. The van der Waals surface area contributed by atoms with Gasteiger partial charge in [0.2, 0.25) is 11.8 Å². The van der Waals surface area contributed by atoms with Crippen LogP contribution in [0.3, 0.4) is 0 Å². The molecule has 0 N–H and O–H groups in total. The molecule has 1 saturated heterocycles. The van der Waals surface area contributed by atoms with Gasteiger partial charge in [0.05, 0.1) is 7.11 Å². The predicted molar refractivity (Wildman–Crippen MR) is 99.1 cm³/mol. The van der Waals surface area contributed by atoms with E-state index >= 15 is 0 Å². The van der Waals surface area contributed by atoms with Crippen LogP contribution in [0, 0.1) is 5.92 Å². The number of hydrogen-bond donors (Lipinski definition) is 0. The van der Waals surface area contributed by atoms with Crippen LogP contribution in [0.2, 0.25) is 0 Å². The summed E-state index contributed by atoms with van der Waals surface area (Å²) in [5.41, 5.74) is 2.67. The molecule has 3 heterocycles. The van der Waals surface area contributed by atoms with E-state index in [1.165, 1.54) is 11.1 Å². The molecule has 1 fully saturated rings. The summed E-state index contributed by atoms with van der Waals surface area (Å²) in [6, 6.07) is 12.2. The molecule has 2 aromatic rings. The first-order valence-corrected chi connectivity index (χ1v) is 9.23. The summed E-state index contributed by atoms with van der Waals surface area (Å²) in [6.07, 6.45) is 2.69. The molecule has 2 aliphatic heterocycles. The van der Waals surface area contributed by atoms with E-state index in [0.29, 0.717) is 11.8 Å². The van der Waals surface area contributed by atoms with Crippen molar-refractivity contribution in [1.29, 1.82) is 0 Å². The molecule has 4 rings (SSSR count). The Labute approximate surface area is 153 Å². The molecule has 0 radical (unpaired) electrons. The van der Waals surface area contributed by atoms with E-state index in [2.05, 4.69) is 39.4 Å². The number of piperidine rings is 1. The van der Waals surface area contributed by atoms with Gasteiger partial charge in [0.1, 0.15) is 0 Å². The summed E-state index contributed by atoms with van der Waals surface area (Å²) in [5, 5.41) is 8.25. The predicted octanol–water partition coefficient (Wildman–Crippen LogP) is 2.29. The van der Waals surface area contributed by atoms with Gasteiger partial charge in [0.15, 0.2) is 5.82 Å². The number of nitrogens with zero attached hydrogens (tertiary/aromatic N) is 4. The Hall–Kier alpha value is -2.63. The molecule has 2 aliphatic rings. The zero-order valence-corrected chi connectivity index (χ0v) is 15.1. The fourth-order valence-corrected chi connectivity index (χ4v) is 3.89. The summed E-state index contributed by atoms with van der Waals surface area (Å²) >= 11 is 0. The minimum absolute atomic E-state index is 0.114. The lowest BCUT2D eigenvalue weighted by Crippen LogP contribution is -2.44. The van der Waals surface area contributed by atoms with Crippen molar-refractivity contribution in [2.75, 3.05) is 31.6 Å². The molecule has 136 valence electrons. The highest BCUT2D eigenvalue weighted by Gasteiger charge is 2.30. The highest BCUT2D eigenvalue weighted by atomic mass is 16.5. The average Bonchev–Trinajstić information content (AvgIpc) is 2.73. The van der Waals surface area contributed by atoms with Crippen molar-refractivity contribution < 1.29 is 9.53 Å². The minimum Gasteiger partial charge on any atom is -0.480 e. The van der Waals surface area contributed by atoms with Crippen molar-refractivity contribution in [2.45, 2.75) is 25.8 Å². The van der Waals surface area contributed by atoms with Crippen LogP contribution in [0.15, 0.2) is 36.4 Å². The zero-order chi connectivity index (χ0) is 17.9. The number of anilines is 1. The second-order valence-corrected chi connectivity index (χ2v) is 6.97. The van der Waals surface area contributed by atoms with E-state index in [4.69, 9.17) is 4.74 Å². The first-order chi connectivity index (χ1) is 12.7. The third-order valence-electron chi connectivity index (χ3n) is 5.45. The molecule has 0 bridgehead atoms. The van der Waals surface area contributed by atoms with E-state index in [-0.39, 0.29) is 5.92 Å². The van der Waals surface area contributed by atoms with Crippen LogP contribution >= 0.6 is 0 Å².